The van der Waals surface area contributed by atoms with Crippen LogP contribution < -0.4 is 14.8 Å². The monoisotopic (exact) mass is 461 g/mol. The molecule has 0 radical (unpaired) electrons. The normalized spacial score (nSPS) is 11.0. The van der Waals surface area contributed by atoms with Gasteiger partial charge in [0.15, 0.2) is 0 Å². The van der Waals surface area contributed by atoms with Gasteiger partial charge >= 0.3 is 5.97 Å². The van der Waals surface area contributed by atoms with E-state index in [9.17, 15) is 4.79 Å². The van der Waals surface area contributed by atoms with Crippen LogP contribution in [0.4, 0.5) is 5.69 Å². The largest absolute Gasteiger partial charge is 0.494 e. The molecule has 0 aromatic heterocycles. The van der Waals surface area contributed by atoms with E-state index < -0.39 is 5.60 Å². The minimum absolute atomic E-state index is 0.137. The van der Waals surface area contributed by atoms with Crippen LogP contribution in [0.3, 0.4) is 0 Å². The first-order valence-electron chi connectivity index (χ1n) is 11.9. The molecule has 180 valence electrons. The number of hydrogen-bond acceptors (Lipinski definition) is 5. The van der Waals surface area contributed by atoms with Gasteiger partial charge in [0.2, 0.25) is 0 Å². The molecule has 0 fully saturated rings. The van der Waals surface area contributed by atoms with E-state index >= 15 is 0 Å². The van der Waals surface area contributed by atoms with Crippen molar-refractivity contribution in [1.29, 1.82) is 0 Å². The average molecular weight is 462 g/mol. The number of hydrogen-bond donors (Lipinski definition) is 1. The fourth-order valence-electron chi connectivity index (χ4n) is 3.31. The number of carbonyl (C=O) groups excluding carboxylic acids is 1. The highest BCUT2D eigenvalue weighted by Crippen LogP contribution is 2.25. The molecule has 5 nitrogen and oxygen atoms in total. The maximum atomic E-state index is 11.7. The molecule has 0 saturated heterocycles. The summed E-state index contributed by atoms with van der Waals surface area (Å²) in [5.74, 6) is 2.21. The van der Waals surface area contributed by atoms with Crippen molar-refractivity contribution in [2.45, 2.75) is 58.6 Å². The van der Waals surface area contributed by atoms with Gasteiger partial charge in [0, 0.05) is 18.7 Å². The lowest BCUT2D eigenvalue weighted by molar-refractivity contribution is -0.154. The third kappa shape index (κ3) is 9.57. The van der Waals surface area contributed by atoms with Crippen LogP contribution in [0.5, 0.6) is 17.2 Å². The topological polar surface area (TPSA) is 56.8 Å². The van der Waals surface area contributed by atoms with E-state index in [-0.39, 0.29) is 5.97 Å². The van der Waals surface area contributed by atoms with Crippen molar-refractivity contribution in [1.82, 2.24) is 0 Å². The molecule has 1 N–H and O–H groups in total. The Hall–Kier alpha value is -3.47. The van der Waals surface area contributed by atoms with Crippen molar-refractivity contribution in [3.63, 3.8) is 0 Å². The predicted molar refractivity (Wildman–Crippen MR) is 137 cm³/mol. The first-order valence-corrected chi connectivity index (χ1v) is 11.9. The van der Waals surface area contributed by atoms with Crippen molar-refractivity contribution in [3.8, 4) is 17.2 Å². The Balaban J connectivity index is 1.33. The molecule has 0 spiro atoms. The molecule has 0 amide bonds. The zero-order valence-electron chi connectivity index (χ0n) is 20.4. The Kier molecular flexibility index (Phi) is 9.39. The molecular formula is C29H35NO4. The zero-order chi connectivity index (χ0) is 24.2. The van der Waals surface area contributed by atoms with E-state index in [0.29, 0.717) is 13.0 Å². The van der Waals surface area contributed by atoms with Crippen LogP contribution >= 0.6 is 0 Å². The summed E-state index contributed by atoms with van der Waals surface area (Å²) in [5.41, 5.74) is 1.87. The summed E-state index contributed by atoms with van der Waals surface area (Å²) in [6.07, 6.45) is 3.08. The van der Waals surface area contributed by atoms with Crippen LogP contribution in [-0.2, 0) is 16.1 Å². The highest BCUT2D eigenvalue weighted by atomic mass is 16.6. The molecule has 3 rings (SSSR count). The molecule has 3 aromatic rings. The van der Waals surface area contributed by atoms with E-state index in [2.05, 4.69) is 17.4 Å². The maximum Gasteiger partial charge on any atom is 0.306 e. The number of anilines is 1. The van der Waals surface area contributed by atoms with Crippen LogP contribution in [0.25, 0.3) is 0 Å². The molecule has 0 aliphatic heterocycles. The van der Waals surface area contributed by atoms with Crippen LogP contribution in [0.1, 0.15) is 52.0 Å². The summed E-state index contributed by atoms with van der Waals surface area (Å²) in [4.78, 5) is 11.7. The molecule has 34 heavy (non-hydrogen) atoms. The molecule has 0 bridgehead atoms. The van der Waals surface area contributed by atoms with Gasteiger partial charge in [-0.15, -0.1) is 0 Å². The number of rotatable bonds is 12. The minimum Gasteiger partial charge on any atom is -0.494 e. The summed E-state index contributed by atoms with van der Waals surface area (Å²) in [5, 5.41) is 3.41. The van der Waals surface area contributed by atoms with E-state index in [1.54, 1.807) is 0 Å². The van der Waals surface area contributed by atoms with Crippen molar-refractivity contribution in [2.75, 3.05) is 11.9 Å². The van der Waals surface area contributed by atoms with Gasteiger partial charge in [-0.3, -0.25) is 4.79 Å². The van der Waals surface area contributed by atoms with E-state index in [4.69, 9.17) is 14.2 Å². The van der Waals surface area contributed by atoms with Crippen molar-refractivity contribution in [2.24, 2.45) is 0 Å². The molecular weight excluding hydrogens is 426 g/mol. The summed E-state index contributed by atoms with van der Waals surface area (Å²) in [7, 11) is 0. The number of unbranched alkanes of at least 4 members (excludes halogenated alkanes) is 2. The molecule has 0 aliphatic carbocycles. The summed E-state index contributed by atoms with van der Waals surface area (Å²) < 4.78 is 17.1. The third-order valence-corrected chi connectivity index (χ3v) is 4.97. The second-order valence-corrected chi connectivity index (χ2v) is 9.18. The Bertz CT molecular complexity index is 993. The number of ether oxygens (including phenoxy) is 3. The minimum atomic E-state index is -0.417. The van der Waals surface area contributed by atoms with Gasteiger partial charge in [0.25, 0.3) is 0 Å². The lowest BCUT2D eigenvalue weighted by Crippen LogP contribution is -2.23. The fourth-order valence-corrected chi connectivity index (χ4v) is 3.31. The summed E-state index contributed by atoms with van der Waals surface area (Å²) >= 11 is 0. The Morgan fingerprint density at radius 1 is 0.765 bits per heavy atom. The number of benzene rings is 3. The summed E-state index contributed by atoms with van der Waals surface area (Å²) in [6.45, 7) is 7.06. The van der Waals surface area contributed by atoms with E-state index in [1.165, 1.54) is 5.56 Å². The molecule has 0 unspecified atom stereocenters. The van der Waals surface area contributed by atoms with Gasteiger partial charge in [-0.05, 0) is 94.1 Å². The average Bonchev–Trinajstić information content (AvgIpc) is 2.81. The smallest absolute Gasteiger partial charge is 0.306 e. The van der Waals surface area contributed by atoms with Gasteiger partial charge in [-0.25, -0.2) is 0 Å². The van der Waals surface area contributed by atoms with Crippen LogP contribution in [0.2, 0.25) is 0 Å². The maximum absolute atomic E-state index is 11.7. The fraction of sp³-hybridized carbons (Fsp3) is 0.345. The molecule has 0 saturated carbocycles. The molecule has 0 aliphatic rings. The standard InChI is InChI=1S/C29H35NO4/c1-29(2,3)34-28(31)12-8-5-9-21-32-25-17-19-27(20-18-25)33-26-15-13-24(14-16-26)30-22-23-10-6-4-7-11-23/h4,6-7,10-11,13-20,30H,5,8-9,12,21-22H2,1-3H3. The van der Waals surface area contributed by atoms with E-state index in [1.807, 2.05) is 87.5 Å². The second-order valence-electron chi connectivity index (χ2n) is 9.18. The van der Waals surface area contributed by atoms with Gasteiger partial charge in [-0.1, -0.05) is 30.3 Å². The highest BCUT2D eigenvalue weighted by Gasteiger charge is 2.15. The van der Waals surface area contributed by atoms with Crippen LogP contribution in [-0.4, -0.2) is 18.2 Å². The Labute approximate surface area is 203 Å². The SMILES string of the molecule is CC(C)(C)OC(=O)CCCCCOc1ccc(Oc2ccc(NCc3ccccc3)cc2)cc1. The van der Waals surface area contributed by atoms with Crippen LogP contribution in [0.15, 0.2) is 78.9 Å². The molecule has 0 heterocycles. The van der Waals surface area contributed by atoms with Crippen molar-refractivity contribution < 1.29 is 19.0 Å². The Morgan fingerprint density at radius 2 is 1.38 bits per heavy atom. The van der Waals surface area contributed by atoms with Gasteiger partial charge < -0.3 is 19.5 Å². The lowest BCUT2D eigenvalue weighted by atomic mass is 10.1. The molecule has 5 heteroatoms. The summed E-state index contributed by atoms with van der Waals surface area (Å²) in [6, 6.07) is 25.9. The third-order valence-electron chi connectivity index (χ3n) is 4.97. The van der Waals surface area contributed by atoms with Crippen molar-refractivity contribution in [3.05, 3.63) is 84.4 Å². The number of nitrogens with one attached hydrogen (secondary N) is 1. The zero-order valence-corrected chi connectivity index (χ0v) is 20.4. The molecule has 0 atom stereocenters. The lowest BCUT2D eigenvalue weighted by Gasteiger charge is -2.19. The predicted octanol–water partition coefficient (Wildman–Crippen LogP) is 7.37. The van der Waals surface area contributed by atoms with Crippen molar-refractivity contribution >= 4 is 11.7 Å². The van der Waals surface area contributed by atoms with E-state index in [0.717, 1.165) is 48.7 Å². The molecule has 3 aromatic carbocycles. The van der Waals surface area contributed by atoms with Gasteiger partial charge in [0.05, 0.1) is 6.61 Å². The number of carbonyl (C=O) groups is 1. The van der Waals surface area contributed by atoms with Gasteiger partial charge in [0.1, 0.15) is 22.8 Å². The Morgan fingerprint density at radius 3 is 2.03 bits per heavy atom. The quantitative estimate of drug-likeness (QED) is 0.225. The first kappa shape index (κ1) is 25.2. The highest BCUT2D eigenvalue weighted by molar-refractivity contribution is 5.69. The second kappa shape index (κ2) is 12.7. The first-order chi connectivity index (χ1) is 16.4. The number of esters is 1. The van der Waals surface area contributed by atoms with Gasteiger partial charge in [-0.2, -0.15) is 0 Å². The van der Waals surface area contributed by atoms with Crippen LogP contribution in [0, 0.1) is 0 Å².